The molecule has 0 aliphatic rings. The summed E-state index contributed by atoms with van der Waals surface area (Å²) in [6.45, 7) is 4.19. The Labute approximate surface area is 99.8 Å². The molecule has 2 nitrogen and oxygen atoms in total. The van der Waals surface area contributed by atoms with Gasteiger partial charge < -0.3 is 0 Å². The summed E-state index contributed by atoms with van der Waals surface area (Å²) >= 11 is -0.746. The molecule has 0 unspecified atom stereocenters. The Morgan fingerprint density at radius 3 is 1.67 bits per heavy atom. The second-order valence-electron chi connectivity index (χ2n) is 4.05. The molecule has 0 N–H and O–H groups in total. The van der Waals surface area contributed by atoms with Gasteiger partial charge in [0, 0.05) is 0 Å². The first-order chi connectivity index (χ1) is 7.35. The molecular formula is C12H27GeO2. The van der Waals surface area contributed by atoms with E-state index in [1.165, 1.54) is 36.2 Å². The number of methoxy groups -OCH3 is 2. The number of hydrogen-bond acceptors (Lipinski definition) is 2. The Morgan fingerprint density at radius 1 is 0.800 bits per heavy atom. The van der Waals surface area contributed by atoms with Crippen LogP contribution >= 0.6 is 0 Å². The zero-order valence-electron chi connectivity index (χ0n) is 10.7. The number of rotatable bonds is 11. The van der Waals surface area contributed by atoms with E-state index in [1.54, 1.807) is 19.5 Å². The fraction of sp³-hybridized carbons (Fsp3) is 1.00. The average molecular weight is 276 g/mol. The van der Waals surface area contributed by atoms with Gasteiger partial charge in [-0.05, 0) is 0 Å². The van der Waals surface area contributed by atoms with Crippen molar-refractivity contribution in [3.63, 3.8) is 0 Å². The fourth-order valence-electron chi connectivity index (χ4n) is 1.73. The Balaban J connectivity index is 3.53. The normalized spacial score (nSPS) is 11.2. The third-order valence-electron chi connectivity index (χ3n) is 2.64. The summed E-state index contributed by atoms with van der Waals surface area (Å²) in [5, 5.41) is 4.51. The molecule has 1 radical (unpaired) electrons. The Bertz CT molecular complexity index is 110. The van der Waals surface area contributed by atoms with Crippen molar-refractivity contribution in [3.05, 3.63) is 0 Å². The van der Waals surface area contributed by atoms with Gasteiger partial charge in [-0.3, -0.25) is 0 Å². The fourth-order valence-corrected chi connectivity index (χ4v) is 7.80. The number of hydrogen-bond donors (Lipinski definition) is 0. The Kier molecular flexibility index (Phi) is 12.9. The van der Waals surface area contributed by atoms with Crippen molar-refractivity contribution in [1.29, 1.82) is 0 Å². The van der Waals surface area contributed by atoms with Crippen LogP contribution in [0.15, 0.2) is 0 Å². The molecule has 0 saturated heterocycles. The third kappa shape index (κ3) is 10.7. The van der Waals surface area contributed by atoms with Crippen molar-refractivity contribution in [2.45, 2.75) is 48.4 Å². The molecule has 0 aliphatic carbocycles. The van der Waals surface area contributed by atoms with Crippen LogP contribution in [0.25, 0.3) is 0 Å². The number of unbranched alkanes of at least 4 members (excludes halogenated alkanes) is 1. The van der Waals surface area contributed by atoms with Crippen LogP contribution in [0, 0.1) is 0 Å². The molecule has 0 heterocycles. The minimum absolute atomic E-state index is 0.746. The summed E-state index contributed by atoms with van der Waals surface area (Å²) in [5.74, 6) is 0. The molecule has 15 heavy (non-hydrogen) atoms. The van der Waals surface area contributed by atoms with E-state index in [0.29, 0.717) is 0 Å². The molecule has 0 aromatic carbocycles. The quantitative estimate of drug-likeness (QED) is 0.425. The van der Waals surface area contributed by atoms with E-state index in [2.05, 4.69) is 6.92 Å². The van der Waals surface area contributed by atoms with Crippen LogP contribution in [-0.4, -0.2) is 41.8 Å². The standard InChI is InChI=1S/C12H27GeO2/c1-4-5-8-13(9-6-11-14-2)10-7-12-15-3/h4-12H2,1-3H3. The topological polar surface area (TPSA) is 18.5 Å². The maximum atomic E-state index is 5.12. The van der Waals surface area contributed by atoms with Gasteiger partial charge in [-0.25, -0.2) is 0 Å². The van der Waals surface area contributed by atoms with Gasteiger partial charge in [0.1, 0.15) is 0 Å². The van der Waals surface area contributed by atoms with Crippen LogP contribution in [0.3, 0.4) is 0 Å². The van der Waals surface area contributed by atoms with Crippen molar-refractivity contribution in [3.8, 4) is 0 Å². The molecule has 0 fully saturated rings. The molecule has 0 bridgehead atoms. The summed E-state index contributed by atoms with van der Waals surface area (Å²) < 4.78 is 10.2. The molecule has 0 amide bonds. The van der Waals surface area contributed by atoms with Gasteiger partial charge in [0.15, 0.2) is 0 Å². The Morgan fingerprint density at radius 2 is 1.27 bits per heavy atom. The minimum atomic E-state index is -0.746. The summed E-state index contributed by atoms with van der Waals surface area (Å²) in [7, 11) is 3.60. The molecule has 0 atom stereocenters. The first-order valence-electron chi connectivity index (χ1n) is 6.16. The second kappa shape index (κ2) is 12.5. The molecule has 0 saturated carbocycles. The maximum absolute atomic E-state index is 5.12. The van der Waals surface area contributed by atoms with E-state index in [9.17, 15) is 0 Å². The van der Waals surface area contributed by atoms with Crippen LogP contribution in [0.5, 0.6) is 0 Å². The van der Waals surface area contributed by atoms with Gasteiger partial charge in [-0.15, -0.1) is 0 Å². The third-order valence-corrected chi connectivity index (χ3v) is 9.32. The molecular weight excluding hydrogens is 249 g/mol. The summed E-state index contributed by atoms with van der Waals surface area (Å²) in [6.07, 6.45) is 5.35. The summed E-state index contributed by atoms with van der Waals surface area (Å²) in [5.41, 5.74) is 0. The van der Waals surface area contributed by atoms with Crippen LogP contribution in [-0.2, 0) is 9.47 Å². The van der Waals surface area contributed by atoms with E-state index in [4.69, 9.17) is 9.47 Å². The van der Waals surface area contributed by atoms with Crippen LogP contribution in [0.2, 0.25) is 15.8 Å². The molecule has 91 valence electrons. The molecule has 0 spiro atoms. The van der Waals surface area contributed by atoms with Gasteiger partial charge in [0.05, 0.1) is 0 Å². The SMILES string of the molecule is CCC[CH2][Ge]([CH2]CCOC)[CH2]CCOC. The van der Waals surface area contributed by atoms with Crippen molar-refractivity contribution >= 4 is 14.3 Å². The monoisotopic (exact) mass is 277 g/mol. The average Bonchev–Trinajstić information content (AvgIpc) is 2.25. The van der Waals surface area contributed by atoms with Crippen LogP contribution in [0.4, 0.5) is 0 Å². The van der Waals surface area contributed by atoms with E-state index in [1.807, 2.05) is 0 Å². The van der Waals surface area contributed by atoms with Gasteiger partial charge in [0.25, 0.3) is 0 Å². The zero-order chi connectivity index (χ0) is 11.4. The van der Waals surface area contributed by atoms with E-state index in [-0.39, 0.29) is 0 Å². The van der Waals surface area contributed by atoms with Crippen LogP contribution < -0.4 is 0 Å². The van der Waals surface area contributed by atoms with E-state index >= 15 is 0 Å². The van der Waals surface area contributed by atoms with Crippen molar-refractivity contribution in [2.24, 2.45) is 0 Å². The first-order valence-corrected chi connectivity index (χ1v) is 10.6. The molecule has 0 aromatic heterocycles. The Hall–Kier alpha value is 0.463. The summed E-state index contributed by atoms with van der Waals surface area (Å²) in [4.78, 5) is 0. The van der Waals surface area contributed by atoms with Crippen molar-refractivity contribution < 1.29 is 9.47 Å². The molecule has 0 aromatic rings. The molecule has 0 aliphatic heterocycles. The predicted octanol–water partition coefficient (Wildman–Crippen LogP) is 3.35. The zero-order valence-corrected chi connectivity index (χ0v) is 12.8. The number of ether oxygens (including phenoxy) is 2. The second-order valence-corrected chi connectivity index (χ2v) is 10.3. The van der Waals surface area contributed by atoms with Crippen LogP contribution in [0.1, 0.15) is 32.6 Å². The van der Waals surface area contributed by atoms with Gasteiger partial charge in [-0.2, -0.15) is 0 Å². The summed E-state index contributed by atoms with van der Waals surface area (Å²) in [6, 6.07) is 0. The van der Waals surface area contributed by atoms with Gasteiger partial charge in [0.2, 0.25) is 0 Å². The van der Waals surface area contributed by atoms with Gasteiger partial charge >= 0.3 is 99.6 Å². The molecule has 3 heteroatoms. The van der Waals surface area contributed by atoms with E-state index < -0.39 is 14.3 Å². The van der Waals surface area contributed by atoms with E-state index in [0.717, 1.165) is 13.2 Å². The van der Waals surface area contributed by atoms with Crippen molar-refractivity contribution in [2.75, 3.05) is 27.4 Å². The van der Waals surface area contributed by atoms with Crippen molar-refractivity contribution in [1.82, 2.24) is 0 Å². The first kappa shape index (κ1) is 15.5. The van der Waals surface area contributed by atoms with Gasteiger partial charge in [-0.1, -0.05) is 0 Å². The molecule has 0 rings (SSSR count). The predicted molar refractivity (Wildman–Crippen MR) is 68.1 cm³/mol.